The minimum atomic E-state index is -0.302. The van der Waals surface area contributed by atoms with Crippen molar-refractivity contribution in [3.8, 4) is 5.75 Å². The zero-order valence-corrected chi connectivity index (χ0v) is 13.1. The highest BCUT2D eigenvalue weighted by Gasteiger charge is 2.00. The number of hydrazone groups is 1. The molecule has 0 aliphatic rings. The summed E-state index contributed by atoms with van der Waals surface area (Å²) >= 11 is 3.35. The van der Waals surface area contributed by atoms with E-state index in [-0.39, 0.29) is 12.5 Å². The molecular weight excluding hydrogens is 332 g/mol. The first kappa shape index (κ1) is 15.3. The Morgan fingerprint density at radius 1 is 1.19 bits per heavy atom. The summed E-state index contributed by atoms with van der Waals surface area (Å²) in [6.07, 6.45) is 1.58. The fraction of sp³-hybridized carbons (Fsp3) is 0.125. The van der Waals surface area contributed by atoms with Crippen molar-refractivity contribution in [3.05, 3.63) is 64.1 Å². The fourth-order valence-electron chi connectivity index (χ4n) is 1.54. The Hall–Kier alpha value is -2.14. The van der Waals surface area contributed by atoms with Gasteiger partial charge in [0.1, 0.15) is 5.75 Å². The molecule has 2 aromatic carbocycles. The van der Waals surface area contributed by atoms with Crippen LogP contribution in [-0.4, -0.2) is 18.7 Å². The van der Waals surface area contributed by atoms with Crippen molar-refractivity contribution in [2.75, 3.05) is 6.61 Å². The molecule has 0 saturated heterocycles. The van der Waals surface area contributed by atoms with Crippen LogP contribution in [0.15, 0.2) is 58.1 Å². The van der Waals surface area contributed by atoms with Gasteiger partial charge in [-0.3, -0.25) is 4.79 Å². The van der Waals surface area contributed by atoms with E-state index in [0.29, 0.717) is 5.75 Å². The molecule has 0 fully saturated rings. The molecule has 108 valence electrons. The van der Waals surface area contributed by atoms with Gasteiger partial charge >= 0.3 is 0 Å². The van der Waals surface area contributed by atoms with Crippen molar-refractivity contribution in [3.63, 3.8) is 0 Å². The van der Waals surface area contributed by atoms with Crippen molar-refractivity contribution in [1.29, 1.82) is 0 Å². The van der Waals surface area contributed by atoms with Crippen molar-refractivity contribution in [2.24, 2.45) is 5.10 Å². The number of benzene rings is 2. The SMILES string of the molecule is Cc1ccc(OCC(=O)N/N=C\c2ccc(Br)cc2)cc1. The van der Waals surface area contributed by atoms with Gasteiger partial charge in [-0.05, 0) is 36.8 Å². The quantitative estimate of drug-likeness (QED) is 0.667. The van der Waals surface area contributed by atoms with Crippen LogP contribution in [0.25, 0.3) is 0 Å². The lowest BCUT2D eigenvalue weighted by molar-refractivity contribution is -0.123. The predicted molar refractivity (Wildman–Crippen MR) is 86.6 cm³/mol. The second-order valence-electron chi connectivity index (χ2n) is 4.45. The Morgan fingerprint density at radius 2 is 1.86 bits per heavy atom. The van der Waals surface area contributed by atoms with Crippen molar-refractivity contribution < 1.29 is 9.53 Å². The molecular formula is C16H15BrN2O2. The van der Waals surface area contributed by atoms with E-state index >= 15 is 0 Å². The number of hydrogen-bond acceptors (Lipinski definition) is 3. The number of rotatable bonds is 5. The summed E-state index contributed by atoms with van der Waals surface area (Å²) in [4.78, 5) is 11.6. The first-order valence-electron chi connectivity index (χ1n) is 6.40. The summed E-state index contributed by atoms with van der Waals surface area (Å²) in [6, 6.07) is 15.1. The highest BCUT2D eigenvalue weighted by atomic mass is 79.9. The monoisotopic (exact) mass is 346 g/mol. The third-order valence-corrected chi connectivity index (χ3v) is 3.19. The van der Waals surface area contributed by atoms with Crippen molar-refractivity contribution in [2.45, 2.75) is 6.92 Å². The van der Waals surface area contributed by atoms with Gasteiger partial charge in [-0.2, -0.15) is 5.10 Å². The smallest absolute Gasteiger partial charge is 0.277 e. The Bertz CT molecular complexity index is 622. The molecule has 0 unspecified atom stereocenters. The summed E-state index contributed by atoms with van der Waals surface area (Å²) in [7, 11) is 0. The maximum atomic E-state index is 11.6. The Labute approximate surface area is 132 Å². The second kappa shape index (κ2) is 7.59. The molecule has 0 radical (unpaired) electrons. The van der Waals surface area contributed by atoms with Crippen LogP contribution in [0.2, 0.25) is 0 Å². The number of nitrogens with zero attached hydrogens (tertiary/aromatic N) is 1. The molecule has 0 aliphatic carbocycles. The largest absolute Gasteiger partial charge is 0.484 e. The fourth-order valence-corrected chi connectivity index (χ4v) is 1.81. The van der Waals surface area contributed by atoms with Crippen molar-refractivity contribution >= 4 is 28.1 Å². The topological polar surface area (TPSA) is 50.7 Å². The predicted octanol–water partition coefficient (Wildman–Crippen LogP) is 3.29. The number of aryl methyl sites for hydroxylation is 1. The molecule has 0 saturated carbocycles. The zero-order chi connectivity index (χ0) is 15.1. The molecule has 21 heavy (non-hydrogen) atoms. The van der Waals surface area contributed by atoms with E-state index in [4.69, 9.17) is 4.74 Å². The summed E-state index contributed by atoms with van der Waals surface area (Å²) < 4.78 is 6.34. The van der Waals surface area contributed by atoms with Crippen LogP contribution in [0, 0.1) is 6.92 Å². The van der Waals surface area contributed by atoms with Gasteiger partial charge in [0.25, 0.3) is 5.91 Å². The highest BCUT2D eigenvalue weighted by molar-refractivity contribution is 9.10. The van der Waals surface area contributed by atoms with Gasteiger partial charge in [-0.1, -0.05) is 45.8 Å². The van der Waals surface area contributed by atoms with Gasteiger partial charge in [-0.15, -0.1) is 0 Å². The van der Waals surface area contributed by atoms with Gasteiger partial charge in [-0.25, -0.2) is 5.43 Å². The van der Waals surface area contributed by atoms with Gasteiger partial charge in [0, 0.05) is 4.47 Å². The summed E-state index contributed by atoms with van der Waals surface area (Å²) in [5.41, 5.74) is 4.47. The zero-order valence-electron chi connectivity index (χ0n) is 11.5. The standard InChI is InChI=1S/C16H15BrN2O2/c1-12-2-8-15(9-3-12)21-11-16(20)19-18-10-13-4-6-14(17)7-5-13/h2-10H,11H2,1H3,(H,19,20)/b18-10-. The van der Waals surface area contributed by atoms with Gasteiger partial charge in [0.2, 0.25) is 0 Å². The molecule has 0 bridgehead atoms. The van der Waals surface area contributed by atoms with E-state index in [1.807, 2.05) is 55.5 Å². The van der Waals surface area contributed by atoms with E-state index in [2.05, 4.69) is 26.5 Å². The summed E-state index contributed by atoms with van der Waals surface area (Å²) in [5, 5.41) is 3.88. The van der Waals surface area contributed by atoms with Crippen LogP contribution in [0.3, 0.4) is 0 Å². The van der Waals surface area contributed by atoms with Gasteiger partial charge < -0.3 is 4.74 Å². The molecule has 1 amide bonds. The number of nitrogens with one attached hydrogen (secondary N) is 1. The third kappa shape index (κ3) is 5.39. The first-order valence-corrected chi connectivity index (χ1v) is 7.20. The van der Waals surface area contributed by atoms with Crippen molar-refractivity contribution in [1.82, 2.24) is 5.43 Å². The number of hydrogen-bond donors (Lipinski definition) is 1. The average molecular weight is 347 g/mol. The molecule has 2 rings (SSSR count). The van der Waals surface area contributed by atoms with Gasteiger partial charge in [0.05, 0.1) is 6.21 Å². The summed E-state index contributed by atoms with van der Waals surface area (Å²) in [5.74, 6) is 0.358. The van der Waals surface area contributed by atoms with Crippen LogP contribution in [0.1, 0.15) is 11.1 Å². The Morgan fingerprint density at radius 3 is 2.52 bits per heavy atom. The molecule has 0 atom stereocenters. The number of carbonyl (C=O) groups is 1. The maximum absolute atomic E-state index is 11.6. The van der Waals surface area contributed by atoms with E-state index in [1.165, 1.54) is 0 Å². The van der Waals surface area contributed by atoms with Crippen LogP contribution < -0.4 is 10.2 Å². The Kier molecular flexibility index (Phi) is 5.51. The first-order chi connectivity index (χ1) is 10.1. The normalized spacial score (nSPS) is 10.6. The van der Waals surface area contributed by atoms with Crippen LogP contribution in [0.5, 0.6) is 5.75 Å². The molecule has 0 heterocycles. The number of ether oxygens (including phenoxy) is 1. The average Bonchev–Trinajstić information content (AvgIpc) is 2.49. The minimum Gasteiger partial charge on any atom is -0.484 e. The van der Waals surface area contributed by atoms with E-state index in [0.717, 1.165) is 15.6 Å². The molecule has 0 spiro atoms. The lowest BCUT2D eigenvalue weighted by atomic mass is 10.2. The highest BCUT2D eigenvalue weighted by Crippen LogP contribution is 2.11. The Balaban J connectivity index is 1.77. The molecule has 2 aromatic rings. The lowest BCUT2D eigenvalue weighted by Crippen LogP contribution is -2.24. The van der Waals surface area contributed by atoms with E-state index < -0.39 is 0 Å². The third-order valence-electron chi connectivity index (χ3n) is 2.66. The van der Waals surface area contributed by atoms with E-state index in [1.54, 1.807) is 6.21 Å². The molecule has 5 heteroatoms. The number of amides is 1. The minimum absolute atomic E-state index is 0.0687. The number of halogens is 1. The maximum Gasteiger partial charge on any atom is 0.277 e. The molecule has 1 N–H and O–H groups in total. The van der Waals surface area contributed by atoms with Gasteiger partial charge in [0.15, 0.2) is 6.61 Å². The second-order valence-corrected chi connectivity index (χ2v) is 5.36. The molecule has 0 aromatic heterocycles. The number of carbonyl (C=O) groups excluding carboxylic acids is 1. The summed E-state index contributed by atoms with van der Waals surface area (Å²) in [6.45, 7) is 1.92. The van der Waals surface area contributed by atoms with E-state index in [9.17, 15) is 4.79 Å². The molecule has 0 aliphatic heterocycles. The van der Waals surface area contributed by atoms with Crippen LogP contribution in [0.4, 0.5) is 0 Å². The lowest BCUT2D eigenvalue weighted by Gasteiger charge is -2.04. The van der Waals surface area contributed by atoms with Crippen LogP contribution in [-0.2, 0) is 4.79 Å². The molecule has 4 nitrogen and oxygen atoms in total. The van der Waals surface area contributed by atoms with Crippen LogP contribution >= 0.6 is 15.9 Å².